The van der Waals surface area contributed by atoms with Crippen LogP contribution in [-0.2, 0) is 16.6 Å². The molecule has 1 saturated heterocycles. The molecule has 0 amide bonds. The molecule has 4 rings (SSSR count). The number of aromatic hydroxyl groups is 1. The molecular formula is C19H27NO3. The van der Waals surface area contributed by atoms with Crippen molar-refractivity contribution in [3.05, 3.63) is 29.3 Å². The van der Waals surface area contributed by atoms with E-state index in [1.807, 2.05) is 13.0 Å². The van der Waals surface area contributed by atoms with E-state index < -0.39 is 6.41 Å². The van der Waals surface area contributed by atoms with Crippen molar-refractivity contribution >= 4 is 0 Å². The Balaban J connectivity index is 1.76. The zero-order valence-electron chi connectivity index (χ0n) is 13.9. The van der Waals surface area contributed by atoms with Gasteiger partial charge in [-0.25, -0.2) is 0 Å². The summed E-state index contributed by atoms with van der Waals surface area (Å²) in [4.78, 5) is 2.17. The van der Waals surface area contributed by atoms with Crippen molar-refractivity contribution < 1.29 is 14.9 Å². The molecule has 4 nitrogen and oxygen atoms in total. The van der Waals surface area contributed by atoms with E-state index in [0.29, 0.717) is 24.3 Å². The van der Waals surface area contributed by atoms with Crippen molar-refractivity contribution in [1.82, 2.24) is 4.90 Å². The highest BCUT2D eigenvalue weighted by atomic mass is 16.6. The van der Waals surface area contributed by atoms with Crippen LogP contribution in [0.2, 0.25) is 0 Å². The lowest BCUT2D eigenvalue weighted by atomic mass is 9.52. The Kier molecular flexibility index (Phi) is 3.87. The number of nitrogens with zero attached hydrogens (tertiary/aromatic N) is 1. The third-order valence-corrected chi connectivity index (χ3v) is 6.46. The Morgan fingerprint density at radius 3 is 3.04 bits per heavy atom. The van der Waals surface area contributed by atoms with Crippen molar-refractivity contribution in [3.63, 3.8) is 0 Å². The maximum absolute atomic E-state index is 10.4. The highest BCUT2D eigenvalue weighted by Crippen LogP contribution is 2.56. The lowest BCUT2D eigenvalue weighted by Crippen LogP contribution is -2.63. The number of aliphatic hydroxyl groups is 1. The van der Waals surface area contributed by atoms with Gasteiger partial charge in [0.05, 0.1) is 0 Å². The van der Waals surface area contributed by atoms with Crippen molar-refractivity contribution in [1.29, 1.82) is 0 Å². The summed E-state index contributed by atoms with van der Waals surface area (Å²) in [6, 6.07) is 6.25. The fraction of sp³-hybridized carbons (Fsp3) is 0.684. The zero-order chi connectivity index (χ0) is 16.0. The third kappa shape index (κ3) is 2.31. The van der Waals surface area contributed by atoms with Crippen molar-refractivity contribution in [2.45, 2.75) is 63.3 Å². The predicted molar refractivity (Wildman–Crippen MR) is 88.2 cm³/mol. The molecular weight excluding hydrogens is 290 g/mol. The number of likely N-dealkylation sites (tertiary alicyclic amines) is 1. The van der Waals surface area contributed by atoms with Crippen LogP contribution in [0, 0.1) is 5.92 Å². The molecule has 2 bridgehead atoms. The summed E-state index contributed by atoms with van der Waals surface area (Å²) in [6.45, 7) is 3.33. The van der Waals surface area contributed by atoms with Crippen molar-refractivity contribution in [3.8, 4) is 5.75 Å². The van der Waals surface area contributed by atoms with E-state index in [4.69, 9.17) is 4.74 Å². The first kappa shape index (κ1) is 15.4. The van der Waals surface area contributed by atoms with Gasteiger partial charge in [-0.1, -0.05) is 18.9 Å². The lowest BCUT2D eigenvalue weighted by molar-refractivity contribution is -0.226. The fourth-order valence-corrected chi connectivity index (χ4v) is 5.54. The van der Waals surface area contributed by atoms with E-state index in [9.17, 15) is 10.2 Å². The van der Waals surface area contributed by atoms with Crippen LogP contribution < -0.4 is 0 Å². The lowest BCUT2D eigenvalue weighted by Gasteiger charge is -2.59. The number of aliphatic hydroxyl groups excluding tert-OH is 1. The molecule has 1 aliphatic heterocycles. The largest absolute Gasteiger partial charge is 0.508 e. The molecule has 0 aromatic heterocycles. The van der Waals surface area contributed by atoms with Crippen LogP contribution in [0.4, 0.5) is 0 Å². The van der Waals surface area contributed by atoms with Crippen LogP contribution in [0.1, 0.15) is 50.2 Å². The number of rotatable bonds is 3. The van der Waals surface area contributed by atoms with Gasteiger partial charge in [0.15, 0.2) is 0 Å². The van der Waals surface area contributed by atoms with E-state index in [1.54, 1.807) is 6.07 Å². The SMILES string of the molecule is CCOC(O)N1CC[C@@]23CCCCC2[C@@H]1Cc1ccc(O)cc13. The second kappa shape index (κ2) is 5.76. The first-order chi connectivity index (χ1) is 11.2. The van der Waals surface area contributed by atoms with E-state index >= 15 is 0 Å². The van der Waals surface area contributed by atoms with Gasteiger partial charge >= 0.3 is 0 Å². The van der Waals surface area contributed by atoms with Crippen LogP contribution in [-0.4, -0.2) is 40.7 Å². The number of ether oxygens (including phenoxy) is 1. The number of phenolic OH excluding ortho intramolecular Hbond substituents is 1. The summed E-state index contributed by atoms with van der Waals surface area (Å²) in [5.41, 5.74) is 2.92. The topological polar surface area (TPSA) is 52.9 Å². The zero-order valence-corrected chi connectivity index (χ0v) is 13.9. The van der Waals surface area contributed by atoms with Crippen LogP contribution >= 0.6 is 0 Å². The van der Waals surface area contributed by atoms with Gasteiger partial charge in [-0.05, 0) is 61.8 Å². The second-order valence-electron chi connectivity index (χ2n) is 7.39. The Morgan fingerprint density at radius 1 is 1.35 bits per heavy atom. The van der Waals surface area contributed by atoms with E-state index in [0.717, 1.165) is 19.4 Å². The summed E-state index contributed by atoms with van der Waals surface area (Å²) in [6.07, 6.45) is 6.19. The smallest absolute Gasteiger partial charge is 0.216 e. The quantitative estimate of drug-likeness (QED) is 0.842. The minimum Gasteiger partial charge on any atom is -0.508 e. The molecule has 2 aliphatic carbocycles. The first-order valence-electron chi connectivity index (χ1n) is 9.03. The molecule has 1 saturated carbocycles. The van der Waals surface area contributed by atoms with Crippen LogP contribution in [0.15, 0.2) is 18.2 Å². The van der Waals surface area contributed by atoms with Gasteiger partial charge in [-0.15, -0.1) is 0 Å². The Hall–Kier alpha value is -1.10. The summed E-state index contributed by atoms with van der Waals surface area (Å²) in [5, 5.41) is 20.4. The monoisotopic (exact) mass is 317 g/mol. The molecule has 2 fully saturated rings. The van der Waals surface area contributed by atoms with Crippen LogP contribution in [0.25, 0.3) is 0 Å². The summed E-state index contributed by atoms with van der Waals surface area (Å²) < 4.78 is 5.50. The highest BCUT2D eigenvalue weighted by molar-refractivity contribution is 5.45. The van der Waals surface area contributed by atoms with E-state index in [2.05, 4.69) is 11.0 Å². The summed E-state index contributed by atoms with van der Waals surface area (Å²) in [7, 11) is 0. The van der Waals surface area contributed by atoms with Gasteiger partial charge < -0.3 is 14.9 Å². The molecule has 126 valence electrons. The first-order valence-corrected chi connectivity index (χ1v) is 9.03. The van der Waals surface area contributed by atoms with Gasteiger partial charge in [-0.2, -0.15) is 0 Å². The average molecular weight is 317 g/mol. The predicted octanol–water partition coefficient (Wildman–Crippen LogP) is 2.76. The Morgan fingerprint density at radius 2 is 2.22 bits per heavy atom. The third-order valence-electron chi connectivity index (χ3n) is 6.46. The molecule has 0 radical (unpaired) electrons. The molecule has 1 heterocycles. The number of phenols is 1. The second-order valence-corrected chi connectivity index (χ2v) is 7.39. The molecule has 3 aliphatic rings. The molecule has 23 heavy (non-hydrogen) atoms. The normalized spacial score (nSPS) is 34.5. The Bertz CT molecular complexity index is 590. The molecule has 1 aromatic carbocycles. The number of fused-ring (bicyclic) bond motifs is 1. The number of hydrogen-bond donors (Lipinski definition) is 2. The Labute approximate surface area is 138 Å². The maximum atomic E-state index is 10.4. The summed E-state index contributed by atoms with van der Waals surface area (Å²) >= 11 is 0. The molecule has 2 unspecified atom stereocenters. The average Bonchev–Trinajstić information content (AvgIpc) is 2.56. The van der Waals surface area contributed by atoms with Crippen molar-refractivity contribution in [2.75, 3.05) is 13.2 Å². The molecule has 1 aromatic rings. The number of benzene rings is 1. The van der Waals surface area contributed by atoms with E-state index in [1.165, 1.54) is 36.8 Å². The minimum absolute atomic E-state index is 0.192. The fourth-order valence-electron chi connectivity index (χ4n) is 5.54. The van der Waals surface area contributed by atoms with Gasteiger partial charge in [0, 0.05) is 24.6 Å². The highest BCUT2D eigenvalue weighted by Gasteiger charge is 2.54. The molecule has 2 N–H and O–H groups in total. The van der Waals surface area contributed by atoms with Crippen LogP contribution in [0.3, 0.4) is 0 Å². The minimum atomic E-state index is -0.788. The molecule has 4 heteroatoms. The number of hydrogen-bond acceptors (Lipinski definition) is 4. The van der Waals surface area contributed by atoms with Crippen LogP contribution in [0.5, 0.6) is 5.75 Å². The van der Waals surface area contributed by atoms with Gasteiger partial charge in [-0.3, -0.25) is 4.90 Å². The van der Waals surface area contributed by atoms with E-state index in [-0.39, 0.29) is 5.41 Å². The number of piperidine rings is 1. The molecule has 4 atom stereocenters. The molecule has 0 spiro atoms. The maximum Gasteiger partial charge on any atom is 0.216 e. The summed E-state index contributed by atoms with van der Waals surface area (Å²) in [5.74, 6) is 0.951. The standard InChI is InChI=1S/C19H27NO3/c1-2-23-18(22)20-10-9-19-8-4-3-5-15(19)17(20)11-13-6-7-14(21)12-16(13)19/h6-7,12,15,17-18,21-22H,2-5,8-11H2,1H3/t15?,17-,18?,19-/m0/s1. The van der Waals surface area contributed by atoms with Gasteiger partial charge in [0.25, 0.3) is 0 Å². The van der Waals surface area contributed by atoms with Crippen molar-refractivity contribution in [2.24, 2.45) is 5.92 Å². The van der Waals surface area contributed by atoms with Gasteiger partial charge in [0.1, 0.15) is 5.75 Å². The van der Waals surface area contributed by atoms with Gasteiger partial charge in [0.2, 0.25) is 6.41 Å².